The van der Waals surface area contributed by atoms with Gasteiger partial charge in [0.2, 0.25) is 0 Å². The molecule has 0 saturated heterocycles. The van der Waals surface area contributed by atoms with Crippen molar-refractivity contribution in [2.45, 2.75) is 17.3 Å². The Morgan fingerprint density at radius 2 is 1.96 bits per heavy atom. The van der Waals surface area contributed by atoms with Crippen LogP contribution in [0, 0.1) is 0 Å². The Balaban J connectivity index is 1.53. The molecule has 24 heavy (non-hydrogen) atoms. The minimum Gasteiger partial charge on any atom is -0.269 e. The summed E-state index contributed by atoms with van der Waals surface area (Å²) in [5.74, 6) is 1.21. The zero-order chi connectivity index (χ0) is 17.0. The van der Waals surface area contributed by atoms with Gasteiger partial charge >= 0.3 is 6.18 Å². The predicted octanol–water partition coefficient (Wildman–Crippen LogP) is 3.54. The summed E-state index contributed by atoms with van der Waals surface area (Å²) in [6.07, 6.45) is -3.70. The Morgan fingerprint density at radius 1 is 1.17 bits per heavy atom. The van der Waals surface area contributed by atoms with Crippen LogP contribution in [0.4, 0.5) is 13.2 Å². The number of benzene rings is 1. The molecule has 0 amide bonds. The SMILES string of the molecule is FC(F)(F)c1ccc(SC[C@@H]2CN=C(c3ccccc3)NO2)nc1. The van der Waals surface area contributed by atoms with Crippen molar-refractivity contribution in [1.82, 2.24) is 10.5 Å². The maximum absolute atomic E-state index is 12.5. The number of pyridine rings is 1. The van der Waals surface area contributed by atoms with Crippen molar-refractivity contribution in [3.05, 3.63) is 59.8 Å². The van der Waals surface area contributed by atoms with Crippen molar-refractivity contribution in [2.75, 3.05) is 12.3 Å². The van der Waals surface area contributed by atoms with Gasteiger partial charge in [-0.1, -0.05) is 30.3 Å². The van der Waals surface area contributed by atoms with E-state index in [1.807, 2.05) is 30.3 Å². The Bertz CT molecular complexity index is 705. The molecule has 3 rings (SSSR count). The highest BCUT2D eigenvalue weighted by Gasteiger charge is 2.30. The second-order valence-corrected chi connectivity index (χ2v) is 6.13. The van der Waals surface area contributed by atoms with Crippen LogP contribution in [0.25, 0.3) is 0 Å². The zero-order valence-corrected chi connectivity index (χ0v) is 13.3. The number of alkyl halides is 3. The van der Waals surface area contributed by atoms with Crippen molar-refractivity contribution < 1.29 is 18.0 Å². The number of halogens is 3. The van der Waals surface area contributed by atoms with Gasteiger partial charge in [0.15, 0.2) is 5.84 Å². The molecule has 1 aromatic carbocycles. The maximum Gasteiger partial charge on any atom is 0.417 e. The summed E-state index contributed by atoms with van der Waals surface area (Å²) < 4.78 is 37.4. The molecule has 8 heteroatoms. The van der Waals surface area contributed by atoms with Gasteiger partial charge in [0.05, 0.1) is 17.1 Å². The summed E-state index contributed by atoms with van der Waals surface area (Å²) in [7, 11) is 0. The molecule has 126 valence electrons. The van der Waals surface area contributed by atoms with E-state index in [1.165, 1.54) is 17.8 Å². The van der Waals surface area contributed by atoms with Gasteiger partial charge in [-0.15, -0.1) is 11.8 Å². The Hall–Kier alpha value is -2.06. The number of nitrogens with zero attached hydrogens (tertiary/aromatic N) is 2. The van der Waals surface area contributed by atoms with Gasteiger partial charge in [0.1, 0.15) is 6.10 Å². The van der Waals surface area contributed by atoms with Gasteiger partial charge in [-0.05, 0) is 12.1 Å². The summed E-state index contributed by atoms with van der Waals surface area (Å²) in [6, 6.07) is 12.0. The Labute approximate surface area is 141 Å². The lowest BCUT2D eigenvalue weighted by Crippen LogP contribution is -2.38. The van der Waals surface area contributed by atoms with Crippen LogP contribution in [0.5, 0.6) is 0 Å². The van der Waals surface area contributed by atoms with E-state index in [-0.39, 0.29) is 6.10 Å². The van der Waals surface area contributed by atoms with Crippen molar-refractivity contribution >= 4 is 17.6 Å². The first-order valence-electron chi connectivity index (χ1n) is 7.20. The van der Waals surface area contributed by atoms with Crippen LogP contribution < -0.4 is 5.48 Å². The number of hydrogen-bond donors (Lipinski definition) is 1. The van der Waals surface area contributed by atoms with Gasteiger partial charge in [0.25, 0.3) is 0 Å². The third-order valence-electron chi connectivity index (χ3n) is 3.30. The number of rotatable bonds is 4. The molecule has 1 aromatic heterocycles. The van der Waals surface area contributed by atoms with Gasteiger partial charge in [-0.3, -0.25) is 9.83 Å². The summed E-state index contributed by atoms with van der Waals surface area (Å²) >= 11 is 1.33. The number of thioether (sulfide) groups is 1. The molecule has 1 aliphatic heterocycles. The molecule has 0 aliphatic carbocycles. The van der Waals surface area contributed by atoms with Crippen LogP contribution in [-0.4, -0.2) is 29.2 Å². The lowest BCUT2D eigenvalue weighted by molar-refractivity contribution is -0.137. The lowest BCUT2D eigenvalue weighted by atomic mass is 10.2. The van der Waals surface area contributed by atoms with Gasteiger partial charge < -0.3 is 0 Å². The van der Waals surface area contributed by atoms with Crippen molar-refractivity contribution in [2.24, 2.45) is 4.99 Å². The van der Waals surface area contributed by atoms with E-state index in [0.717, 1.165) is 17.8 Å². The molecule has 4 nitrogen and oxygen atoms in total. The number of hydrogen-bond acceptors (Lipinski definition) is 5. The van der Waals surface area contributed by atoms with Crippen LogP contribution in [0.3, 0.4) is 0 Å². The molecule has 0 bridgehead atoms. The first-order valence-corrected chi connectivity index (χ1v) is 8.18. The molecule has 0 fully saturated rings. The zero-order valence-electron chi connectivity index (χ0n) is 12.5. The summed E-state index contributed by atoms with van der Waals surface area (Å²) in [6.45, 7) is 0.477. The van der Waals surface area contributed by atoms with Crippen LogP contribution in [0.2, 0.25) is 0 Å². The van der Waals surface area contributed by atoms with E-state index in [9.17, 15) is 13.2 Å². The highest BCUT2D eigenvalue weighted by atomic mass is 32.2. The first kappa shape index (κ1) is 16.8. The molecule has 1 N–H and O–H groups in total. The average molecular weight is 353 g/mol. The molecule has 2 heterocycles. The molecular formula is C16H14F3N3OS. The average Bonchev–Trinajstić information content (AvgIpc) is 2.61. The fourth-order valence-electron chi connectivity index (χ4n) is 2.05. The number of aromatic nitrogens is 1. The third kappa shape index (κ3) is 4.27. The van der Waals surface area contributed by atoms with Gasteiger partial charge in [0, 0.05) is 17.5 Å². The topological polar surface area (TPSA) is 46.5 Å². The number of nitrogens with one attached hydrogen (secondary N) is 1. The van der Waals surface area contributed by atoms with E-state index in [2.05, 4.69) is 15.5 Å². The number of aliphatic imine (C=N–C) groups is 1. The van der Waals surface area contributed by atoms with E-state index < -0.39 is 11.7 Å². The first-order chi connectivity index (χ1) is 11.5. The Kier molecular flexibility index (Phi) is 5.06. The highest BCUT2D eigenvalue weighted by Crippen LogP contribution is 2.29. The van der Waals surface area contributed by atoms with Crippen LogP contribution in [0.15, 0.2) is 58.7 Å². The van der Waals surface area contributed by atoms with Gasteiger partial charge in [-0.25, -0.2) is 10.5 Å². The molecule has 0 unspecified atom stereocenters. The maximum atomic E-state index is 12.5. The third-order valence-corrected chi connectivity index (χ3v) is 4.38. The van der Waals surface area contributed by atoms with Crippen LogP contribution in [-0.2, 0) is 11.0 Å². The fourth-order valence-corrected chi connectivity index (χ4v) is 2.87. The quantitative estimate of drug-likeness (QED) is 0.854. The molecule has 0 radical (unpaired) electrons. The molecule has 0 spiro atoms. The van der Waals surface area contributed by atoms with Crippen LogP contribution >= 0.6 is 11.8 Å². The van der Waals surface area contributed by atoms with E-state index in [4.69, 9.17) is 4.84 Å². The standard InChI is InChI=1S/C16H14F3N3OS/c17-16(18,19)12-6-7-14(20-8-12)24-10-13-9-21-15(22-23-13)11-4-2-1-3-5-11/h1-8,13H,9-10H2,(H,21,22)/t13-/m0/s1. The number of hydroxylamine groups is 1. The minimum atomic E-state index is -4.37. The van der Waals surface area contributed by atoms with E-state index >= 15 is 0 Å². The molecule has 0 saturated carbocycles. The smallest absolute Gasteiger partial charge is 0.269 e. The second kappa shape index (κ2) is 7.23. The highest BCUT2D eigenvalue weighted by molar-refractivity contribution is 7.99. The monoisotopic (exact) mass is 353 g/mol. The molecule has 1 aliphatic rings. The summed E-state index contributed by atoms with van der Waals surface area (Å²) in [5.41, 5.74) is 3.01. The minimum absolute atomic E-state index is 0.174. The largest absolute Gasteiger partial charge is 0.417 e. The lowest BCUT2D eigenvalue weighted by Gasteiger charge is -2.22. The molecule has 1 atom stereocenters. The van der Waals surface area contributed by atoms with Crippen molar-refractivity contribution in [1.29, 1.82) is 0 Å². The normalized spacial score (nSPS) is 18.0. The van der Waals surface area contributed by atoms with Crippen LogP contribution in [0.1, 0.15) is 11.1 Å². The van der Waals surface area contributed by atoms with E-state index in [0.29, 0.717) is 23.2 Å². The van der Waals surface area contributed by atoms with E-state index in [1.54, 1.807) is 0 Å². The molecular weight excluding hydrogens is 339 g/mol. The summed E-state index contributed by atoms with van der Waals surface area (Å²) in [4.78, 5) is 13.8. The van der Waals surface area contributed by atoms with Crippen molar-refractivity contribution in [3.63, 3.8) is 0 Å². The molecule has 2 aromatic rings. The van der Waals surface area contributed by atoms with Gasteiger partial charge in [-0.2, -0.15) is 13.2 Å². The predicted molar refractivity (Wildman–Crippen MR) is 85.8 cm³/mol. The van der Waals surface area contributed by atoms with Crippen molar-refractivity contribution in [3.8, 4) is 0 Å². The fraction of sp³-hybridized carbons (Fsp3) is 0.250. The summed E-state index contributed by atoms with van der Waals surface area (Å²) in [5, 5.41) is 0.518. The number of amidine groups is 1. The second-order valence-electron chi connectivity index (χ2n) is 5.09. The Morgan fingerprint density at radius 3 is 2.54 bits per heavy atom.